The topological polar surface area (TPSA) is 43.1 Å². The second-order valence-electron chi connectivity index (χ2n) is 3.03. The van der Waals surface area contributed by atoms with E-state index in [4.69, 9.17) is 5.73 Å². The van der Waals surface area contributed by atoms with Crippen molar-refractivity contribution in [3.8, 4) is 0 Å². The van der Waals surface area contributed by atoms with Gasteiger partial charge in [0, 0.05) is 16.6 Å². The smallest absolute Gasteiger partial charge is 0.176 e. The molecule has 1 aromatic carbocycles. The average molecular weight is 321 g/mol. The first-order valence-electron chi connectivity index (χ1n) is 4.19. The summed E-state index contributed by atoms with van der Waals surface area (Å²) in [5, 5.41) is 0.706. The van der Waals surface area contributed by atoms with Crippen molar-refractivity contribution >= 4 is 43.3 Å². The van der Waals surface area contributed by atoms with Crippen molar-refractivity contribution < 1.29 is 4.79 Å². The molecule has 1 unspecified atom stereocenters. The van der Waals surface area contributed by atoms with Gasteiger partial charge in [-0.1, -0.05) is 44.0 Å². The molecular weight excluding hydrogens is 310 g/mol. The van der Waals surface area contributed by atoms with Crippen LogP contribution in [0.3, 0.4) is 0 Å². The molecule has 0 aliphatic heterocycles. The van der Waals surface area contributed by atoms with Gasteiger partial charge < -0.3 is 5.73 Å². The Kier molecular flexibility index (Phi) is 4.13. The molecule has 0 aromatic heterocycles. The molecule has 4 heteroatoms. The lowest BCUT2D eigenvalue weighted by molar-refractivity contribution is 0.0996. The summed E-state index contributed by atoms with van der Waals surface area (Å²) < 4.78 is 0. The number of ketones is 1. The lowest BCUT2D eigenvalue weighted by Crippen LogP contribution is -2.10. The van der Waals surface area contributed by atoms with Crippen LogP contribution in [0.1, 0.15) is 22.8 Å². The number of nitrogens with two attached hydrogens (primary N) is 1. The minimum Gasteiger partial charge on any atom is -0.398 e. The van der Waals surface area contributed by atoms with Crippen molar-refractivity contribution in [1.29, 1.82) is 0 Å². The van der Waals surface area contributed by atoms with Gasteiger partial charge in [-0.25, -0.2) is 0 Å². The molecule has 0 aliphatic rings. The van der Waals surface area contributed by atoms with E-state index in [9.17, 15) is 4.79 Å². The number of hydrogen-bond acceptors (Lipinski definition) is 2. The van der Waals surface area contributed by atoms with E-state index in [-0.39, 0.29) is 10.6 Å². The highest BCUT2D eigenvalue weighted by Gasteiger charge is 2.12. The van der Waals surface area contributed by atoms with Crippen LogP contribution in [-0.4, -0.2) is 10.6 Å². The van der Waals surface area contributed by atoms with Crippen LogP contribution in [0.2, 0.25) is 0 Å². The normalized spacial score (nSPS) is 12.5. The zero-order valence-corrected chi connectivity index (χ0v) is 10.9. The SMILES string of the molecule is CC(Br)C(=O)c1ccc(CBr)c(N)c1. The Morgan fingerprint density at radius 3 is 2.64 bits per heavy atom. The summed E-state index contributed by atoms with van der Waals surface area (Å²) in [7, 11) is 0. The van der Waals surface area contributed by atoms with E-state index in [1.54, 1.807) is 19.1 Å². The Hall–Kier alpha value is -0.350. The van der Waals surface area contributed by atoms with Crippen LogP contribution < -0.4 is 5.73 Å². The van der Waals surface area contributed by atoms with Gasteiger partial charge in [0.1, 0.15) is 0 Å². The molecule has 0 radical (unpaired) electrons. The number of Topliss-reactive ketones (excluding diaryl/α,β-unsaturated/α-hetero) is 1. The molecule has 0 aliphatic carbocycles. The zero-order valence-electron chi connectivity index (χ0n) is 7.76. The summed E-state index contributed by atoms with van der Waals surface area (Å²) in [5.74, 6) is 0.0535. The van der Waals surface area contributed by atoms with Crippen LogP contribution in [0.4, 0.5) is 5.69 Å². The van der Waals surface area contributed by atoms with Crippen molar-refractivity contribution in [3.63, 3.8) is 0 Å². The summed E-state index contributed by atoms with van der Waals surface area (Å²) in [6, 6.07) is 5.39. The molecule has 0 amide bonds. The van der Waals surface area contributed by atoms with E-state index >= 15 is 0 Å². The maximum absolute atomic E-state index is 11.6. The number of halogens is 2. The number of hydrogen-bond donors (Lipinski definition) is 1. The average Bonchev–Trinajstić information content (AvgIpc) is 2.16. The minimum atomic E-state index is -0.170. The van der Waals surface area contributed by atoms with E-state index in [0.29, 0.717) is 16.6 Å². The van der Waals surface area contributed by atoms with E-state index < -0.39 is 0 Å². The van der Waals surface area contributed by atoms with Crippen molar-refractivity contribution in [1.82, 2.24) is 0 Å². The second kappa shape index (κ2) is 4.94. The van der Waals surface area contributed by atoms with Gasteiger partial charge in [0.2, 0.25) is 0 Å². The van der Waals surface area contributed by atoms with Crippen molar-refractivity contribution in [2.24, 2.45) is 0 Å². The van der Waals surface area contributed by atoms with Gasteiger partial charge in [0.25, 0.3) is 0 Å². The molecule has 14 heavy (non-hydrogen) atoms. The van der Waals surface area contributed by atoms with E-state index in [1.165, 1.54) is 0 Å². The molecule has 1 rings (SSSR count). The number of alkyl halides is 2. The molecule has 0 bridgehead atoms. The van der Waals surface area contributed by atoms with Crippen LogP contribution >= 0.6 is 31.9 Å². The van der Waals surface area contributed by atoms with Crippen molar-refractivity contribution in [2.75, 3.05) is 5.73 Å². The molecule has 2 N–H and O–H groups in total. The van der Waals surface area contributed by atoms with E-state index in [2.05, 4.69) is 31.9 Å². The summed E-state index contributed by atoms with van der Waals surface area (Å²) in [4.78, 5) is 11.4. The number of rotatable bonds is 3. The van der Waals surface area contributed by atoms with Gasteiger partial charge >= 0.3 is 0 Å². The van der Waals surface area contributed by atoms with Crippen LogP contribution in [0, 0.1) is 0 Å². The number of benzene rings is 1. The number of carbonyl (C=O) groups excluding carboxylic acids is 1. The Balaban J connectivity index is 3.03. The quantitative estimate of drug-likeness (QED) is 0.528. The molecular formula is C10H11Br2NO. The molecule has 1 aromatic rings. The summed E-state index contributed by atoms with van der Waals surface area (Å²) in [5.41, 5.74) is 8.08. The monoisotopic (exact) mass is 319 g/mol. The molecule has 0 fully saturated rings. The summed E-state index contributed by atoms with van der Waals surface area (Å²) in [6.07, 6.45) is 0. The van der Waals surface area contributed by atoms with Gasteiger partial charge in [-0.2, -0.15) is 0 Å². The standard InChI is InChI=1S/C10H11Br2NO/c1-6(12)10(14)7-2-3-8(5-11)9(13)4-7/h2-4,6H,5,13H2,1H3. The second-order valence-corrected chi connectivity index (χ2v) is 4.96. The maximum atomic E-state index is 11.6. The zero-order chi connectivity index (χ0) is 10.7. The van der Waals surface area contributed by atoms with Crippen molar-refractivity contribution in [2.45, 2.75) is 17.1 Å². The van der Waals surface area contributed by atoms with Gasteiger partial charge in [-0.15, -0.1) is 0 Å². The Morgan fingerprint density at radius 2 is 2.21 bits per heavy atom. The molecule has 1 atom stereocenters. The highest BCUT2D eigenvalue weighted by Crippen LogP contribution is 2.19. The summed E-state index contributed by atoms with van der Waals surface area (Å²) >= 11 is 6.56. The van der Waals surface area contributed by atoms with Crippen LogP contribution in [0.5, 0.6) is 0 Å². The predicted molar refractivity (Wildman–Crippen MR) is 66.2 cm³/mol. The number of nitrogen functional groups attached to an aromatic ring is 1. The highest BCUT2D eigenvalue weighted by atomic mass is 79.9. The van der Waals surface area contributed by atoms with Gasteiger partial charge in [-0.05, 0) is 18.6 Å². The Morgan fingerprint density at radius 1 is 1.57 bits per heavy atom. The molecule has 0 saturated carbocycles. The fourth-order valence-corrected chi connectivity index (χ4v) is 1.87. The fourth-order valence-electron chi connectivity index (χ4n) is 1.10. The van der Waals surface area contributed by atoms with Crippen LogP contribution in [-0.2, 0) is 5.33 Å². The van der Waals surface area contributed by atoms with Gasteiger partial charge in [-0.3, -0.25) is 4.79 Å². The molecule has 2 nitrogen and oxygen atoms in total. The maximum Gasteiger partial charge on any atom is 0.176 e. The van der Waals surface area contributed by atoms with E-state index in [0.717, 1.165) is 5.56 Å². The third kappa shape index (κ3) is 2.58. The predicted octanol–water partition coefficient (Wildman–Crippen LogP) is 3.13. The van der Waals surface area contributed by atoms with Crippen LogP contribution in [0.15, 0.2) is 18.2 Å². The summed E-state index contributed by atoms with van der Waals surface area (Å²) in [6.45, 7) is 1.80. The highest BCUT2D eigenvalue weighted by molar-refractivity contribution is 9.10. The van der Waals surface area contributed by atoms with E-state index in [1.807, 2.05) is 6.07 Å². The first kappa shape index (κ1) is 11.7. The number of carbonyl (C=O) groups is 1. The molecule has 76 valence electrons. The fraction of sp³-hybridized carbons (Fsp3) is 0.300. The Labute approximate surface area is 100 Å². The lowest BCUT2D eigenvalue weighted by Gasteiger charge is -2.06. The molecule has 0 saturated heterocycles. The molecule has 0 heterocycles. The van der Waals surface area contributed by atoms with Crippen molar-refractivity contribution in [3.05, 3.63) is 29.3 Å². The number of anilines is 1. The lowest BCUT2D eigenvalue weighted by atomic mass is 10.1. The largest absolute Gasteiger partial charge is 0.398 e. The van der Waals surface area contributed by atoms with Crippen LogP contribution in [0.25, 0.3) is 0 Å². The minimum absolute atomic E-state index is 0.0535. The van der Waals surface area contributed by atoms with Gasteiger partial charge in [0.15, 0.2) is 5.78 Å². The Bertz CT molecular complexity index is 350. The first-order valence-corrected chi connectivity index (χ1v) is 6.22. The third-order valence-corrected chi connectivity index (χ3v) is 2.96. The first-order chi connectivity index (χ1) is 6.56. The van der Waals surface area contributed by atoms with Gasteiger partial charge in [0.05, 0.1) is 4.83 Å². The molecule has 0 spiro atoms. The third-order valence-electron chi connectivity index (χ3n) is 1.94.